The molecule has 18 heavy (non-hydrogen) atoms. The molecular weight excluding hydrogens is 218 g/mol. The van der Waals surface area contributed by atoms with Gasteiger partial charge in [-0.3, -0.25) is 0 Å². The van der Waals surface area contributed by atoms with Crippen molar-refractivity contribution in [3.05, 3.63) is 35.9 Å². The summed E-state index contributed by atoms with van der Waals surface area (Å²) in [6.45, 7) is 3.53. The molecule has 1 heteroatoms. The van der Waals surface area contributed by atoms with Crippen molar-refractivity contribution in [1.29, 1.82) is 0 Å². The molecule has 1 fully saturated rings. The summed E-state index contributed by atoms with van der Waals surface area (Å²) >= 11 is 0. The number of benzene rings is 1. The molecule has 0 spiro atoms. The predicted molar refractivity (Wildman–Crippen MR) is 78.8 cm³/mol. The van der Waals surface area contributed by atoms with E-state index in [9.17, 15) is 0 Å². The standard InChI is InChI=1S/C17H27N/c1-15(17-12-6-3-7-13-17)18-14-8-11-16-9-4-2-5-10-16/h2,4-5,9-10,15,17-18H,3,6-8,11-14H2,1H3/t15-/m1/s1. The first kappa shape index (κ1) is 13.6. The SMILES string of the molecule is C[C@@H](NCCCc1ccccc1)C1CCCCC1. The van der Waals surface area contributed by atoms with Gasteiger partial charge in [0.2, 0.25) is 0 Å². The fourth-order valence-electron chi connectivity index (χ4n) is 3.07. The van der Waals surface area contributed by atoms with Crippen molar-refractivity contribution >= 4 is 0 Å². The van der Waals surface area contributed by atoms with Crippen molar-refractivity contribution in [3.63, 3.8) is 0 Å². The van der Waals surface area contributed by atoms with Crippen LogP contribution in [0.25, 0.3) is 0 Å². The van der Waals surface area contributed by atoms with Crippen molar-refractivity contribution in [1.82, 2.24) is 5.32 Å². The largest absolute Gasteiger partial charge is 0.314 e. The first-order chi connectivity index (χ1) is 8.86. The average Bonchev–Trinajstić information content (AvgIpc) is 2.45. The maximum absolute atomic E-state index is 3.72. The molecule has 1 aromatic carbocycles. The molecule has 1 aliphatic rings. The molecule has 1 aromatic rings. The summed E-state index contributed by atoms with van der Waals surface area (Å²) in [6.07, 6.45) is 9.67. The lowest BCUT2D eigenvalue weighted by Gasteiger charge is -2.28. The highest BCUT2D eigenvalue weighted by molar-refractivity contribution is 5.14. The number of aryl methyl sites for hydroxylation is 1. The fourth-order valence-corrected chi connectivity index (χ4v) is 3.07. The Morgan fingerprint density at radius 3 is 2.56 bits per heavy atom. The highest BCUT2D eigenvalue weighted by atomic mass is 14.9. The molecule has 2 rings (SSSR count). The number of nitrogens with one attached hydrogen (secondary N) is 1. The second-order valence-electron chi connectivity index (χ2n) is 5.73. The van der Waals surface area contributed by atoms with Crippen molar-refractivity contribution in [2.75, 3.05) is 6.54 Å². The lowest BCUT2D eigenvalue weighted by Crippen LogP contribution is -2.35. The zero-order chi connectivity index (χ0) is 12.6. The highest BCUT2D eigenvalue weighted by Gasteiger charge is 2.18. The Bertz CT molecular complexity index is 314. The number of hydrogen-bond acceptors (Lipinski definition) is 1. The lowest BCUT2D eigenvalue weighted by atomic mass is 9.84. The minimum absolute atomic E-state index is 0.709. The molecule has 0 aliphatic heterocycles. The smallest absolute Gasteiger partial charge is 0.00669 e. The first-order valence-corrected chi connectivity index (χ1v) is 7.63. The van der Waals surface area contributed by atoms with E-state index in [2.05, 4.69) is 42.6 Å². The Hall–Kier alpha value is -0.820. The molecule has 1 saturated carbocycles. The second-order valence-corrected chi connectivity index (χ2v) is 5.73. The summed E-state index contributed by atoms with van der Waals surface area (Å²) in [5.41, 5.74) is 1.46. The Morgan fingerprint density at radius 2 is 1.83 bits per heavy atom. The maximum Gasteiger partial charge on any atom is 0.00669 e. The number of hydrogen-bond donors (Lipinski definition) is 1. The van der Waals surface area contributed by atoms with Crippen molar-refractivity contribution in [2.45, 2.75) is 57.9 Å². The van der Waals surface area contributed by atoms with Crippen LogP contribution in [0.4, 0.5) is 0 Å². The molecule has 1 atom stereocenters. The van der Waals surface area contributed by atoms with Crippen LogP contribution in [0.2, 0.25) is 0 Å². The van der Waals surface area contributed by atoms with Gasteiger partial charge in [-0.1, -0.05) is 49.6 Å². The average molecular weight is 245 g/mol. The van der Waals surface area contributed by atoms with E-state index in [1.807, 2.05) is 0 Å². The molecule has 0 amide bonds. The number of rotatable bonds is 6. The van der Waals surface area contributed by atoms with Gasteiger partial charge in [0.05, 0.1) is 0 Å². The summed E-state index contributed by atoms with van der Waals surface area (Å²) < 4.78 is 0. The van der Waals surface area contributed by atoms with Crippen LogP contribution in [0, 0.1) is 5.92 Å². The lowest BCUT2D eigenvalue weighted by molar-refractivity contribution is 0.281. The monoisotopic (exact) mass is 245 g/mol. The second kappa shape index (κ2) is 7.58. The fraction of sp³-hybridized carbons (Fsp3) is 0.647. The van der Waals surface area contributed by atoms with E-state index >= 15 is 0 Å². The summed E-state index contributed by atoms with van der Waals surface area (Å²) in [5.74, 6) is 0.926. The van der Waals surface area contributed by atoms with Gasteiger partial charge in [0.1, 0.15) is 0 Å². The maximum atomic E-state index is 3.72. The van der Waals surface area contributed by atoms with E-state index in [0.717, 1.165) is 12.5 Å². The molecule has 0 radical (unpaired) electrons. The highest BCUT2D eigenvalue weighted by Crippen LogP contribution is 2.26. The van der Waals surface area contributed by atoms with Crippen LogP contribution in [0.5, 0.6) is 0 Å². The van der Waals surface area contributed by atoms with Gasteiger partial charge in [-0.25, -0.2) is 0 Å². The molecule has 1 nitrogen and oxygen atoms in total. The van der Waals surface area contributed by atoms with Gasteiger partial charge in [0.25, 0.3) is 0 Å². The van der Waals surface area contributed by atoms with E-state index in [1.165, 1.54) is 50.5 Å². The van der Waals surface area contributed by atoms with Crippen LogP contribution >= 0.6 is 0 Å². The Morgan fingerprint density at radius 1 is 1.11 bits per heavy atom. The van der Waals surface area contributed by atoms with E-state index in [-0.39, 0.29) is 0 Å². The van der Waals surface area contributed by atoms with Gasteiger partial charge in [-0.05, 0) is 50.6 Å². The molecule has 100 valence electrons. The molecular formula is C17H27N. The minimum atomic E-state index is 0.709. The van der Waals surface area contributed by atoms with Crippen LogP contribution in [0.15, 0.2) is 30.3 Å². The van der Waals surface area contributed by atoms with E-state index in [0.29, 0.717) is 6.04 Å². The third-order valence-electron chi connectivity index (χ3n) is 4.31. The van der Waals surface area contributed by atoms with E-state index in [4.69, 9.17) is 0 Å². The third kappa shape index (κ3) is 4.45. The van der Waals surface area contributed by atoms with Gasteiger partial charge >= 0.3 is 0 Å². The van der Waals surface area contributed by atoms with Crippen LogP contribution in [-0.4, -0.2) is 12.6 Å². The van der Waals surface area contributed by atoms with Crippen LogP contribution in [0.1, 0.15) is 51.0 Å². The van der Waals surface area contributed by atoms with Crippen molar-refractivity contribution in [2.24, 2.45) is 5.92 Å². The quantitative estimate of drug-likeness (QED) is 0.741. The molecule has 1 aliphatic carbocycles. The Labute approximate surface area is 112 Å². The van der Waals surface area contributed by atoms with Gasteiger partial charge in [0, 0.05) is 6.04 Å². The van der Waals surface area contributed by atoms with Gasteiger partial charge in [-0.15, -0.1) is 0 Å². The zero-order valence-corrected chi connectivity index (χ0v) is 11.7. The molecule has 0 unspecified atom stereocenters. The van der Waals surface area contributed by atoms with Crippen LogP contribution < -0.4 is 5.32 Å². The van der Waals surface area contributed by atoms with Gasteiger partial charge < -0.3 is 5.32 Å². The molecule has 0 saturated heterocycles. The Kier molecular flexibility index (Phi) is 5.73. The molecule has 0 aromatic heterocycles. The summed E-state index contributed by atoms with van der Waals surface area (Å²) in [5, 5.41) is 3.72. The molecule has 1 N–H and O–H groups in total. The topological polar surface area (TPSA) is 12.0 Å². The summed E-state index contributed by atoms with van der Waals surface area (Å²) in [7, 11) is 0. The third-order valence-corrected chi connectivity index (χ3v) is 4.31. The van der Waals surface area contributed by atoms with Crippen molar-refractivity contribution in [3.8, 4) is 0 Å². The summed E-state index contributed by atoms with van der Waals surface area (Å²) in [4.78, 5) is 0. The minimum Gasteiger partial charge on any atom is -0.314 e. The van der Waals surface area contributed by atoms with Crippen molar-refractivity contribution < 1.29 is 0 Å². The molecule has 0 heterocycles. The normalized spacial score (nSPS) is 18.7. The van der Waals surface area contributed by atoms with E-state index in [1.54, 1.807) is 0 Å². The van der Waals surface area contributed by atoms with Crippen LogP contribution in [-0.2, 0) is 6.42 Å². The first-order valence-electron chi connectivity index (χ1n) is 7.63. The Balaban J connectivity index is 1.60. The zero-order valence-electron chi connectivity index (χ0n) is 11.7. The van der Waals surface area contributed by atoms with E-state index < -0.39 is 0 Å². The molecule has 0 bridgehead atoms. The van der Waals surface area contributed by atoms with Gasteiger partial charge in [0.15, 0.2) is 0 Å². The van der Waals surface area contributed by atoms with Crippen LogP contribution in [0.3, 0.4) is 0 Å². The van der Waals surface area contributed by atoms with Gasteiger partial charge in [-0.2, -0.15) is 0 Å². The predicted octanol–water partition coefficient (Wildman–Crippen LogP) is 4.18. The summed E-state index contributed by atoms with van der Waals surface area (Å²) in [6, 6.07) is 11.5.